The Hall–Kier alpha value is -5.70. The summed E-state index contributed by atoms with van der Waals surface area (Å²) in [4.78, 5) is 35.8. The van der Waals surface area contributed by atoms with E-state index < -0.39 is 6.17 Å². The second kappa shape index (κ2) is 14.5. The number of hydrogen-bond acceptors (Lipinski definition) is 6. The Morgan fingerprint density at radius 1 is 0.945 bits per heavy atom. The van der Waals surface area contributed by atoms with E-state index in [1.165, 1.54) is 23.3 Å². The number of alkyl halides is 1. The van der Waals surface area contributed by atoms with E-state index >= 15 is 4.79 Å². The molecule has 3 aromatic carbocycles. The minimum absolute atomic E-state index is 0.0723. The summed E-state index contributed by atoms with van der Waals surface area (Å²) in [6.45, 7) is 7.38. The van der Waals surface area contributed by atoms with E-state index in [2.05, 4.69) is 34.5 Å². The van der Waals surface area contributed by atoms with Crippen LogP contribution in [0.25, 0.3) is 11.3 Å². The monoisotopic (exact) mass is 739 g/mol. The number of aromatic hydroxyl groups is 1. The van der Waals surface area contributed by atoms with Crippen molar-refractivity contribution in [1.29, 1.82) is 5.26 Å². The summed E-state index contributed by atoms with van der Waals surface area (Å²) in [5, 5.41) is 23.4. The van der Waals surface area contributed by atoms with Gasteiger partial charge < -0.3 is 24.5 Å². The number of hydrogen-bond donors (Lipinski definition) is 2. The number of phenols is 1. The first kappa shape index (κ1) is 36.3. The smallest absolute Gasteiger partial charge is 0.264 e. The lowest BCUT2D eigenvalue weighted by Gasteiger charge is -2.39. The van der Waals surface area contributed by atoms with E-state index in [-0.39, 0.29) is 23.6 Å². The number of carbonyl (C=O) groups excluding carboxylic acids is 2. The van der Waals surface area contributed by atoms with Crippen molar-refractivity contribution in [3.05, 3.63) is 123 Å². The largest absolute Gasteiger partial charge is 0.508 e. The molecule has 2 aromatic heterocycles. The number of carbonyl (C=O) groups is 2. The van der Waals surface area contributed by atoms with Crippen LogP contribution in [0.5, 0.6) is 5.75 Å². The van der Waals surface area contributed by atoms with Crippen LogP contribution in [-0.2, 0) is 40.0 Å². The average Bonchev–Trinajstić information content (AvgIpc) is 3.84. The molecule has 1 fully saturated rings. The third-order valence-electron chi connectivity index (χ3n) is 12.0. The van der Waals surface area contributed by atoms with Crippen molar-refractivity contribution in [1.82, 2.24) is 24.3 Å². The van der Waals surface area contributed by atoms with Crippen LogP contribution in [0.3, 0.4) is 0 Å². The third kappa shape index (κ3) is 6.59. The van der Waals surface area contributed by atoms with Gasteiger partial charge in [0.2, 0.25) is 0 Å². The molecule has 3 aliphatic rings. The van der Waals surface area contributed by atoms with Crippen molar-refractivity contribution >= 4 is 23.2 Å². The summed E-state index contributed by atoms with van der Waals surface area (Å²) < 4.78 is 18.1. The van der Waals surface area contributed by atoms with E-state index in [1.807, 2.05) is 54.6 Å². The highest BCUT2D eigenvalue weighted by atomic mass is 19.1. The highest BCUT2D eigenvalue weighted by Crippen LogP contribution is 2.38. The van der Waals surface area contributed by atoms with E-state index in [9.17, 15) is 19.6 Å². The summed E-state index contributed by atoms with van der Waals surface area (Å²) in [6.07, 6.45) is 1.18. The Morgan fingerprint density at radius 2 is 1.71 bits per heavy atom. The fourth-order valence-electron chi connectivity index (χ4n) is 8.59. The van der Waals surface area contributed by atoms with Crippen molar-refractivity contribution in [2.24, 2.45) is 14.1 Å². The number of aromatic nitrogens is 2. The number of phenolic OH excluding ortho intramolecular Hbond substituents is 1. The topological polar surface area (TPSA) is 110 Å². The Morgan fingerprint density at radius 3 is 2.42 bits per heavy atom. The maximum atomic E-state index is 15.2. The lowest BCUT2D eigenvalue weighted by Crippen LogP contribution is -2.50. The number of halogens is 1. The number of rotatable bonds is 7. The highest BCUT2D eigenvalue weighted by molar-refractivity contribution is 6.13. The summed E-state index contributed by atoms with van der Waals surface area (Å²) in [5.41, 5.74) is 10.1. The SMILES string of the molecule is Cc1c(N(C(=O)c2cc(-c3cc4c(cc3C(=O)N3Cc5ccccc5C[C@H]3CN3CC[C@@H](F)C3)CNCC4)n(C)c2C)c2ccc(O)cc2)cc(C#N)n1C. The maximum Gasteiger partial charge on any atom is 0.264 e. The van der Waals surface area contributed by atoms with Gasteiger partial charge >= 0.3 is 0 Å². The zero-order valence-electron chi connectivity index (χ0n) is 31.8. The van der Waals surface area contributed by atoms with Gasteiger partial charge in [0, 0.05) is 86.8 Å². The Balaban J connectivity index is 1.23. The summed E-state index contributed by atoms with van der Waals surface area (Å²) in [5.74, 6) is -0.314. The normalized spacial score (nSPS) is 18.1. The number of nitrogens with zero attached hydrogens (tertiary/aromatic N) is 6. The zero-order chi connectivity index (χ0) is 38.5. The van der Waals surface area contributed by atoms with Crippen LogP contribution in [-0.4, -0.2) is 74.2 Å². The molecular weight excluding hydrogens is 694 g/mol. The van der Waals surface area contributed by atoms with Gasteiger partial charge in [-0.25, -0.2) is 4.39 Å². The van der Waals surface area contributed by atoms with Crippen LogP contribution in [0.4, 0.5) is 15.8 Å². The molecule has 0 unspecified atom stereocenters. The minimum Gasteiger partial charge on any atom is -0.508 e. The van der Waals surface area contributed by atoms with Crippen molar-refractivity contribution in [2.45, 2.75) is 58.4 Å². The number of fused-ring (bicyclic) bond motifs is 2. The van der Waals surface area contributed by atoms with E-state index in [0.29, 0.717) is 73.8 Å². The summed E-state index contributed by atoms with van der Waals surface area (Å²) in [6, 6.07) is 24.5. The number of benzene rings is 3. The van der Waals surface area contributed by atoms with Crippen LogP contribution in [0.15, 0.2) is 72.8 Å². The molecule has 2 amide bonds. The fraction of sp³-hybridized carbons (Fsp3) is 0.341. The van der Waals surface area contributed by atoms with Gasteiger partial charge in [0.15, 0.2) is 0 Å². The molecule has 5 aromatic rings. The lowest BCUT2D eigenvalue weighted by molar-refractivity contribution is 0.0591. The van der Waals surface area contributed by atoms with Gasteiger partial charge in [-0.05, 0) is 110 Å². The molecule has 10 nitrogen and oxygen atoms in total. The van der Waals surface area contributed by atoms with E-state index in [0.717, 1.165) is 46.7 Å². The first-order chi connectivity index (χ1) is 26.5. The number of nitrogens with one attached hydrogen (secondary N) is 1. The first-order valence-corrected chi connectivity index (χ1v) is 19.0. The van der Waals surface area contributed by atoms with Crippen molar-refractivity contribution in [3.8, 4) is 23.1 Å². The molecule has 0 radical (unpaired) electrons. The lowest BCUT2D eigenvalue weighted by atomic mass is 9.89. The van der Waals surface area contributed by atoms with Crippen LogP contribution in [0.1, 0.15) is 66.5 Å². The predicted molar refractivity (Wildman–Crippen MR) is 210 cm³/mol. The van der Waals surface area contributed by atoms with Crippen molar-refractivity contribution < 1.29 is 19.1 Å². The maximum absolute atomic E-state index is 15.2. The second-order valence-corrected chi connectivity index (χ2v) is 15.2. The molecule has 0 aliphatic carbocycles. The molecule has 2 atom stereocenters. The first-order valence-electron chi connectivity index (χ1n) is 19.0. The minimum atomic E-state index is -0.846. The van der Waals surface area contributed by atoms with Gasteiger partial charge in [0.05, 0.1) is 11.3 Å². The van der Waals surface area contributed by atoms with Gasteiger partial charge in [-0.1, -0.05) is 24.3 Å². The third-order valence-corrected chi connectivity index (χ3v) is 12.0. The van der Waals surface area contributed by atoms with Gasteiger partial charge in [-0.2, -0.15) is 5.26 Å². The quantitative estimate of drug-likeness (QED) is 0.199. The predicted octanol–water partition coefficient (Wildman–Crippen LogP) is 6.46. The summed E-state index contributed by atoms with van der Waals surface area (Å²) >= 11 is 0. The number of likely N-dealkylation sites (tertiary alicyclic amines) is 1. The van der Waals surface area contributed by atoms with Crippen LogP contribution < -0.4 is 10.2 Å². The van der Waals surface area contributed by atoms with Crippen molar-refractivity contribution in [3.63, 3.8) is 0 Å². The Kier molecular flexibility index (Phi) is 9.57. The van der Waals surface area contributed by atoms with Gasteiger partial charge in [0.25, 0.3) is 11.8 Å². The fourth-order valence-corrected chi connectivity index (χ4v) is 8.59. The summed E-state index contributed by atoms with van der Waals surface area (Å²) in [7, 11) is 3.71. The number of nitriles is 1. The van der Waals surface area contributed by atoms with Crippen LogP contribution in [0, 0.1) is 25.2 Å². The molecular formula is C44H46FN7O3. The number of anilines is 2. The van der Waals surface area contributed by atoms with Gasteiger partial charge in [-0.15, -0.1) is 0 Å². The molecule has 55 heavy (non-hydrogen) atoms. The second-order valence-electron chi connectivity index (χ2n) is 15.2. The van der Waals surface area contributed by atoms with Gasteiger partial charge in [0.1, 0.15) is 23.7 Å². The van der Waals surface area contributed by atoms with Crippen LogP contribution in [0.2, 0.25) is 0 Å². The standard InChI is InChI=1S/C44H46FN7O3/c1-27-38(44(55)52(34-9-11-37(53)12-10-34)41-20-35(22-46)48(3)28(41)2)21-42(49(27)4)39-18-30-13-15-47-23-32(30)19-40(39)43(54)51-24-31-8-6-5-7-29(31)17-36(51)26-50-16-14-33(45)25-50/h5-12,18-21,33,36,47,53H,13-17,23-26H2,1-4H3/t33-,36+/m1/s1. The molecule has 1 saturated heterocycles. The number of amides is 2. The Labute approximate surface area is 321 Å². The highest BCUT2D eigenvalue weighted by Gasteiger charge is 2.36. The molecule has 2 N–H and O–H groups in total. The molecule has 5 heterocycles. The van der Waals surface area contributed by atoms with E-state index in [1.54, 1.807) is 34.7 Å². The molecule has 8 rings (SSSR count). The molecule has 0 spiro atoms. The molecule has 3 aliphatic heterocycles. The van der Waals surface area contributed by atoms with Crippen molar-refractivity contribution in [2.75, 3.05) is 31.1 Å². The average molecular weight is 740 g/mol. The van der Waals surface area contributed by atoms with E-state index in [4.69, 9.17) is 0 Å². The molecule has 282 valence electrons. The molecule has 11 heteroatoms. The van der Waals surface area contributed by atoms with Gasteiger partial charge in [-0.3, -0.25) is 19.4 Å². The zero-order valence-corrected chi connectivity index (χ0v) is 31.8. The van der Waals surface area contributed by atoms with Crippen LogP contribution >= 0.6 is 0 Å². The molecule has 0 saturated carbocycles. The Bertz CT molecular complexity index is 2350. The molecule has 0 bridgehead atoms.